The van der Waals surface area contributed by atoms with E-state index in [1.807, 2.05) is 25.1 Å². The van der Waals surface area contributed by atoms with Crippen molar-refractivity contribution in [2.45, 2.75) is 36.8 Å². The second-order valence-corrected chi connectivity index (χ2v) is 5.59. The lowest BCUT2D eigenvalue weighted by molar-refractivity contribution is 0.101. The number of ketones is 1. The van der Waals surface area contributed by atoms with E-state index in [0.29, 0.717) is 6.61 Å². The van der Waals surface area contributed by atoms with Crippen molar-refractivity contribution in [1.82, 2.24) is 0 Å². The minimum absolute atomic E-state index is 0.141. The van der Waals surface area contributed by atoms with Crippen LogP contribution < -0.4 is 4.74 Å². The van der Waals surface area contributed by atoms with Gasteiger partial charge in [-0.25, -0.2) is 0 Å². The highest BCUT2D eigenvalue weighted by atomic mass is 32.2. The third-order valence-corrected chi connectivity index (χ3v) is 4.12. The maximum absolute atomic E-state index is 12.2. The normalized spacial score (nSPS) is 18.0. The Kier molecular flexibility index (Phi) is 5.02. The number of Topliss-reactive ketones (excluding diaryl/α,β-unsaturated/α-hetero) is 1. The Bertz CT molecular complexity index is 485. The number of aliphatic imine (C=N–C) groups is 1. The number of rotatable bonds is 6. The molecule has 0 bridgehead atoms. The number of hydrogen-bond donors (Lipinski definition) is 0. The summed E-state index contributed by atoms with van der Waals surface area (Å²) in [5.41, 5.74) is 0.767. The lowest BCUT2D eigenvalue weighted by atomic mass is 10.1. The van der Waals surface area contributed by atoms with Gasteiger partial charge in [-0.3, -0.25) is 9.79 Å². The van der Waals surface area contributed by atoms with Crippen molar-refractivity contribution >= 4 is 23.8 Å². The van der Waals surface area contributed by atoms with E-state index in [-0.39, 0.29) is 11.0 Å². The van der Waals surface area contributed by atoms with Gasteiger partial charge in [0.05, 0.1) is 6.61 Å². The zero-order chi connectivity index (χ0) is 13.7. The molecule has 1 aliphatic rings. The third-order valence-electron chi connectivity index (χ3n) is 2.92. The lowest BCUT2D eigenvalue weighted by Crippen LogP contribution is -2.13. The van der Waals surface area contributed by atoms with Crippen molar-refractivity contribution in [3.63, 3.8) is 0 Å². The van der Waals surface area contributed by atoms with Gasteiger partial charge in [0.2, 0.25) is 0 Å². The number of hydrogen-bond acceptors (Lipinski definition) is 4. The fourth-order valence-corrected chi connectivity index (χ4v) is 3.01. The molecule has 0 aromatic heterocycles. The number of carbonyl (C=O) groups excluding carboxylic acids is 1. The van der Waals surface area contributed by atoms with Crippen molar-refractivity contribution in [2.75, 3.05) is 13.2 Å². The summed E-state index contributed by atoms with van der Waals surface area (Å²) in [5.74, 6) is 0.903. The van der Waals surface area contributed by atoms with E-state index in [4.69, 9.17) is 4.74 Å². The first-order valence-corrected chi connectivity index (χ1v) is 7.62. The summed E-state index contributed by atoms with van der Waals surface area (Å²) in [5, 5.41) is -0.163. The third kappa shape index (κ3) is 3.38. The van der Waals surface area contributed by atoms with Gasteiger partial charge in [-0.05, 0) is 31.5 Å². The highest BCUT2D eigenvalue weighted by Gasteiger charge is 2.30. The van der Waals surface area contributed by atoms with Crippen LogP contribution in [-0.2, 0) is 0 Å². The molecule has 102 valence electrons. The van der Waals surface area contributed by atoms with Gasteiger partial charge in [0, 0.05) is 23.2 Å². The molecule has 1 atom stereocenters. The molecule has 0 aliphatic carbocycles. The van der Waals surface area contributed by atoms with Crippen molar-refractivity contribution < 1.29 is 9.53 Å². The maximum atomic E-state index is 12.2. The van der Waals surface area contributed by atoms with Gasteiger partial charge < -0.3 is 4.74 Å². The topological polar surface area (TPSA) is 38.7 Å². The number of nitrogens with zero attached hydrogens (tertiary/aromatic N) is 1. The molecule has 1 aromatic carbocycles. The van der Waals surface area contributed by atoms with Gasteiger partial charge in [0.1, 0.15) is 11.0 Å². The van der Waals surface area contributed by atoms with Crippen molar-refractivity contribution in [1.29, 1.82) is 0 Å². The molecule has 0 radical (unpaired) electrons. The van der Waals surface area contributed by atoms with Crippen molar-refractivity contribution in [3.05, 3.63) is 23.8 Å². The number of unbranched alkanes of at least 4 members (excludes halogenated alkanes) is 1. The summed E-state index contributed by atoms with van der Waals surface area (Å²) < 4.78 is 5.43. The molecule has 0 N–H and O–H groups in total. The molecule has 1 aliphatic heterocycles. The minimum atomic E-state index is -0.163. The minimum Gasteiger partial charge on any atom is -0.494 e. The Morgan fingerprint density at radius 3 is 3.00 bits per heavy atom. The molecule has 3 nitrogen and oxygen atoms in total. The largest absolute Gasteiger partial charge is 0.494 e. The van der Waals surface area contributed by atoms with E-state index >= 15 is 0 Å². The number of fused-ring (bicyclic) bond motifs is 1. The molecule has 1 aromatic rings. The molecule has 1 heterocycles. The predicted molar refractivity (Wildman–Crippen MR) is 79.9 cm³/mol. The lowest BCUT2D eigenvalue weighted by Gasteiger charge is -2.03. The molecule has 2 rings (SSSR count). The van der Waals surface area contributed by atoms with Crippen molar-refractivity contribution in [2.24, 2.45) is 4.99 Å². The van der Waals surface area contributed by atoms with E-state index in [9.17, 15) is 4.79 Å². The molecule has 1 unspecified atom stereocenters. The second kappa shape index (κ2) is 6.75. The Morgan fingerprint density at radius 2 is 2.26 bits per heavy atom. The van der Waals surface area contributed by atoms with Crippen LogP contribution >= 0.6 is 11.8 Å². The summed E-state index contributed by atoms with van der Waals surface area (Å²) in [6, 6.07) is 5.72. The molecule has 4 heteroatoms. The van der Waals surface area contributed by atoms with Crippen LogP contribution in [0.25, 0.3) is 0 Å². The Hall–Kier alpha value is -1.29. The molecule has 0 amide bonds. The van der Waals surface area contributed by atoms with Crippen LogP contribution in [0, 0.1) is 0 Å². The second-order valence-electron chi connectivity index (χ2n) is 4.40. The molecule has 0 spiro atoms. The van der Waals surface area contributed by atoms with Crippen LogP contribution in [0.3, 0.4) is 0 Å². The SMILES string of the molecule is CCCCN=CC1Sc2ccc(OCC)cc2C1=O. The zero-order valence-electron chi connectivity index (χ0n) is 11.4. The smallest absolute Gasteiger partial charge is 0.182 e. The average Bonchev–Trinajstić information content (AvgIpc) is 2.72. The first-order valence-electron chi connectivity index (χ1n) is 6.74. The number of thioether (sulfide) groups is 1. The van der Waals surface area contributed by atoms with Gasteiger partial charge in [0.15, 0.2) is 5.78 Å². The molecule has 0 saturated heterocycles. The molecular weight excluding hydrogens is 258 g/mol. The zero-order valence-corrected chi connectivity index (χ0v) is 12.2. The van der Waals surface area contributed by atoms with Crippen LogP contribution in [0.4, 0.5) is 0 Å². The Morgan fingerprint density at radius 1 is 1.42 bits per heavy atom. The molecular formula is C15H19NO2S. The Labute approximate surface area is 118 Å². The van der Waals surface area contributed by atoms with E-state index in [1.54, 1.807) is 18.0 Å². The van der Waals surface area contributed by atoms with Gasteiger partial charge in [-0.2, -0.15) is 0 Å². The summed E-state index contributed by atoms with van der Waals surface area (Å²) in [6.07, 6.45) is 3.99. The highest BCUT2D eigenvalue weighted by Crippen LogP contribution is 2.38. The first-order chi connectivity index (χ1) is 9.26. The number of ether oxygens (including phenoxy) is 1. The molecule has 0 saturated carbocycles. The van der Waals surface area contributed by atoms with Gasteiger partial charge in [-0.15, -0.1) is 11.8 Å². The monoisotopic (exact) mass is 277 g/mol. The van der Waals surface area contributed by atoms with Crippen LogP contribution in [-0.4, -0.2) is 30.4 Å². The van der Waals surface area contributed by atoms with E-state index in [2.05, 4.69) is 11.9 Å². The van der Waals surface area contributed by atoms with Gasteiger partial charge in [0.25, 0.3) is 0 Å². The fraction of sp³-hybridized carbons (Fsp3) is 0.467. The van der Waals surface area contributed by atoms with Gasteiger partial charge >= 0.3 is 0 Å². The summed E-state index contributed by atoms with van der Waals surface area (Å²) in [7, 11) is 0. The maximum Gasteiger partial charge on any atom is 0.182 e. The molecule has 19 heavy (non-hydrogen) atoms. The predicted octanol–water partition coefficient (Wildman–Crippen LogP) is 3.61. The fourth-order valence-electron chi connectivity index (χ4n) is 1.92. The quantitative estimate of drug-likeness (QED) is 0.589. The van der Waals surface area contributed by atoms with Crippen LogP contribution in [0.5, 0.6) is 5.75 Å². The van der Waals surface area contributed by atoms with Gasteiger partial charge in [-0.1, -0.05) is 13.3 Å². The number of benzene rings is 1. The summed E-state index contributed by atoms with van der Waals surface area (Å²) >= 11 is 1.57. The van der Waals surface area contributed by atoms with Crippen LogP contribution in [0.2, 0.25) is 0 Å². The average molecular weight is 277 g/mol. The van der Waals surface area contributed by atoms with E-state index in [0.717, 1.165) is 35.6 Å². The van der Waals surface area contributed by atoms with Crippen LogP contribution in [0.15, 0.2) is 28.1 Å². The Balaban J connectivity index is 2.06. The van der Waals surface area contributed by atoms with Crippen LogP contribution in [0.1, 0.15) is 37.0 Å². The number of carbonyl (C=O) groups is 1. The summed E-state index contributed by atoms with van der Waals surface area (Å²) in [6.45, 7) is 5.49. The first kappa shape index (κ1) is 14.1. The summed E-state index contributed by atoms with van der Waals surface area (Å²) in [4.78, 5) is 17.6. The van der Waals surface area contributed by atoms with E-state index < -0.39 is 0 Å². The van der Waals surface area contributed by atoms with Crippen molar-refractivity contribution in [3.8, 4) is 5.75 Å². The van der Waals surface area contributed by atoms with E-state index in [1.165, 1.54) is 0 Å². The highest BCUT2D eigenvalue weighted by molar-refractivity contribution is 8.02. The standard InChI is InChI=1S/C15H19NO2S/c1-3-5-8-16-10-14-15(17)12-9-11(18-4-2)6-7-13(12)19-14/h6-7,9-10,14H,3-5,8H2,1-2H3. The molecule has 0 fully saturated rings.